The first-order valence-corrected chi connectivity index (χ1v) is 10.1. The maximum absolute atomic E-state index is 14.6. The van der Waals surface area contributed by atoms with Gasteiger partial charge in [0.05, 0.1) is 5.41 Å². The van der Waals surface area contributed by atoms with Gasteiger partial charge in [0.25, 0.3) is 0 Å². The summed E-state index contributed by atoms with van der Waals surface area (Å²) in [7, 11) is 0. The molecule has 0 N–H and O–H groups in total. The molecular formula is C23H28FN3O. The molecule has 148 valence electrons. The van der Waals surface area contributed by atoms with E-state index in [2.05, 4.69) is 23.7 Å². The summed E-state index contributed by atoms with van der Waals surface area (Å²) in [6.07, 6.45) is 5.27. The van der Waals surface area contributed by atoms with Crippen LogP contribution in [0.25, 0.3) is 0 Å². The second kappa shape index (κ2) is 7.28. The van der Waals surface area contributed by atoms with Crippen LogP contribution < -0.4 is 0 Å². The molecule has 5 heteroatoms. The summed E-state index contributed by atoms with van der Waals surface area (Å²) in [5.74, 6) is -0.177. The molecule has 1 saturated heterocycles. The van der Waals surface area contributed by atoms with Crippen molar-refractivity contribution < 1.29 is 9.18 Å². The van der Waals surface area contributed by atoms with Crippen molar-refractivity contribution in [3.8, 4) is 0 Å². The van der Waals surface area contributed by atoms with Crippen LogP contribution in [0.5, 0.6) is 0 Å². The standard InChI is InChI=1S/C23H28FN3O/c1-22(2)17-23(22,19-6-3-4-7-20(19)24)21(28)27-13-5-12-26(14-15-27)16-18-8-10-25-11-9-18/h3-4,6-11H,5,12-17H2,1-2H3. The number of amides is 1. The Morgan fingerprint density at radius 2 is 1.79 bits per heavy atom. The van der Waals surface area contributed by atoms with E-state index in [9.17, 15) is 9.18 Å². The molecule has 2 heterocycles. The van der Waals surface area contributed by atoms with Crippen LogP contribution in [-0.2, 0) is 16.8 Å². The Balaban J connectivity index is 1.49. The first-order chi connectivity index (χ1) is 13.4. The van der Waals surface area contributed by atoms with E-state index in [1.54, 1.807) is 12.1 Å². The van der Waals surface area contributed by atoms with E-state index in [0.717, 1.165) is 32.6 Å². The van der Waals surface area contributed by atoms with Gasteiger partial charge in [-0.2, -0.15) is 0 Å². The predicted molar refractivity (Wildman–Crippen MR) is 107 cm³/mol. The van der Waals surface area contributed by atoms with Crippen LogP contribution >= 0.6 is 0 Å². The summed E-state index contributed by atoms with van der Waals surface area (Å²) in [5, 5.41) is 0. The van der Waals surface area contributed by atoms with E-state index in [1.165, 1.54) is 11.6 Å². The van der Waals surface area contributed by atoms with Crippen molar-refractivity contribution in [3.05, 3.63) is 65.7 Å². The van der Waals surface area contributed by atoms with Crippen molar-refractivity contribution >= 4 is 5.91 Å². The van der Waals surface area contributed by atoms with Crippen molar-refractivity contribution in [3.63, 3.8) is 0 Å². The minimum Gasteiger partial charge on any atom is -0.341 e. The fraction of sp³-hybridized carbons (Fsp3) is 0.478. The number of carbonyl (C=O) groups is 1. The van der Waals surface area contributed by atoms with E-state index in [-0.39, 0.29) is 17.1 Å². The number of hydrogen-bond acceptors (Lipinski definition) is 3. The number of carbonyl (C=O) groups excluding carboxylic acids is 1. The molecule has 4 rings (SSSR count). The molecule has 1 unspecified atom stereocenters. The molecule has 0 radical (unpaired) electrons. The molecule has 2 fully saturated rings. The van der Waals surface area contributed by atoms with Gasteiger partial charge in [-0.1, -0.05) is 32.0 Å². The third kappa shape index (κ3) is 3.32. The SMILES string of the molecule is CC1(C)CC1(C(=O)N1CCCN(Cc2ccncc2)CC1)c1ccccc1F. The van der Waals surface area contributed by atoms with Gasteiger partial charge in [0, 0.05) is 50.7 Å². The number of hydrogen-bond donors (Lipinski definition) is 0. The van der Waals surface area contributed by atoms with Crippen LogP contribution in [0.4, 0.5) is 4.39 Å². The highest BCUT2D eigenvalue weighted by Crippen LogP contribution is 2.65. The fourth-order valence-corrected chi connectivity index (χ4v) is 4.71. The Kier molecular flexibility index (Phi) is 4.96. The minimum atomic E-state index is -0.724. The van der Waals surface area contributed by atoms with Gasteiger partial charge in [-0.15, -0.1) is 0 Å². The van der Waals surface area contributed by atoms with Crippen LogP contribution in [0.1, 0.15) is 37.8 Å². The number of aromatic nitrogens is 1. The Morgan fingerprint density at radius 1 is 1.07 bits per heavy atom. The van der Waals surface area contributed by atoms with Crippen molar-refractivity contribution in [1.82, 2.24) is 14.8 Å². The molecular weight excluding hydrogens is 353 g/mol. The molecule has 1 aromatic carbocycles. The number of benzene rings is 1. The maximum Gasteiger partial charge on any atom is 0.233 e. The zero-order chi connectivity index (χ0) is 19.8. The smallest absolute Gasteiger partial charge is 0.233 e. The second-order valence-electron chi connectivity index (χ2n) is 8.72. The lowest BCUT2D eigenvalue weighted by Crippen LogP contribution is -2.43. The number of nitrogens with zero attached hydrogens (tertiary/aromatic N) is 3. The molecule has 28 heavy (non-hydrogen) atoms. The molecule has 4 nitrogen and oxygen atoms in total. The number of halogens is 1. The molecule has 1 aliphatic heterocycles. The number of rotatable bonds is 4. The lowest BCUT2D eigenvalue weighted by molar-refractivity contribution is -0.134. The van der Waals surface area contributed by atoms with E-state index in [4.69, 9.17) is 0 Å². The molecule has 1 aromatic heterocycles. The third-order valence-electron chi connectivity index (χ3n) is 6.47. The van der Waals surface area contributed by atoms with Gasteiger partial charge in [0.2, 0.25) is 5.91 Å². The summed E-state index contributed by atoms with van der Waals surface area (Å²) < 4.78 is 14.6. The lowest BCUT2D eigenvalue weighted by Gasteiger charge is -2.29. The van der Waals surface area contributed by atoms with Crippen LogP contribution in [0.3, 0.4) is 0 Å². The lowest BCUT2D eigenvalue weighted by atomic mass is 9.86. The van der Waals surface area contributed by atoms with Crippen molar-refractivity contribution in [2.24, 2.45) is 5.41 Å². The van der Waals surface area contributed by atoms with Gasteiger partial charge < -0.3 is 4.90 Å². The average Bonchev–Trinajstić information content (AvgIpc) is 3.34. The zero-order valence-corrected chi connectivity index (χ0v) is 16.7. The van der Waals surface area contributed by atoms with Crippen molar-refractivity contribution in [2.75, 3.05) is 26.2 Å². The number of pyridine rings is 1. The Bertz CT molecular complexity index is 854. The molecule has 1 atom stereocenters. The van der Waals surface area contributed by atoms with Gasteiger partial charge in [0.1, 0.15) is 5.82 Å². The summed E-state index contributed by atoms with van der Waals surface area (Å²) >= 11 is 0. The van der Waals surface area contributed by atoms with Crippen molar-refractivity contribution in [1.29, 1.82) is 0 Å². The van der Waals surface area contributed by atoms with Crippen LogP contribution in [-0.4, -0.2) is 46.9 Å². The topological polar surface area (TPSA) is 36.4 Å². The largest absolute Gasteiger partial charge is 0.341 e. The van der Waals surface area contributed by atoms with Crippen LogP contribution in [0.15, 0.2) is 48.8 Å². The summed E-state index contributed by atoms with van der Waals surface area (Å²) in [5.41, 5.74) is 0.859. The first kappa shape index (κ1) is 19.1. The minimum absolute atomic E-state index is 0.0911. The highest BCUT2D eigenvalue weighted by molar-refractivity contribution is 5.93. The molecule has 1 aliphatic carbocycles. The summed E-state index contributed by atoms with van der Waals surface area (Å²) in [6.45, 7) is 8.24. The Hall–Kier alpha value is -2.27. The normalized spacial score (nSPS) is 24.6. The fourth-order valence-electron chi connectivity index (χ4n) is 4.71. The molecule has 1 saturated carbocycles. The predicted octanol–water partition coefficient (Wildman–Crippen LogP) is 3.62. The van der Waals surface area contributed by atoms with Crippen LogP contribution in [0.2, 0.25) is 0 Å². The van der Waals surface area contributed by atoms with Crippen LogP contribution in [0, 0.1) is 11.2 Å². The summed E-state index contributed by atoms with van der Waals surface area (Å²) in [6, 6.07) is 10.9. The molecule has 2 aromatic rings. The second-order valence-corrected chi connectivity index (χ2v) is 8.72. The third-order valence-corrected chi connectivity index (χ3v) is 6.47. The Morgan fingerprint density at radius 3 is 2.46 bits per heavy atom. The van der Waals surface area contributed by atoms with Gasteiger partial charge in [-0.25, -0.2) is 4.39 Å². The first-order valence-electron chi connectivity index (χ1n) is 10.1. The van der Waals surface area contributed by atoms with Gasteiger partial charge >= 0.3 is 0 Å². The molecule has 0 bridgehead atoms. The van der Waals surface area contributed by atoms with Crippen molar-refractivity contribution in [2.45, 2.75) is 38.6 Å². The Labute approximate surface area is 166 Å². The van der Waals surface area contributed by atoms with E-state index >= 15 is 0 Å². The quantitative estimate of drug-likeness (QED) is 0.812. The molecule has 1 amide bonds. The highest BCUT2D eigenvalue weighted by atomic mass is 19.1. The highest BCUT2D eigenvalue weighted by Gasteiger charge is 2.68. The van der Waals surface area contributed by atoms with E-state index in [0.29, 0.717) is 18.5 Å². The van der Waals surface area contributed by atoms with Gasteiger partial charge in [-0.3, -0.25) is 14.7 Å². The molecule has 2 aliphatic rings. The maximum atomic E-state index is 14.6. The zero-order valence-electron chi connectivity index (χ0n) is 16.7. The van der Waals surface area contributed by atoms with E-state index < -0.39 is 5.41 Å². The van der Waals surface area contributed by atoms with Gasteiger partial charge in [-0.05, 0) is 42.0 Å². The summed E-state index contributed by atoms with van der Waals surface area (Å²) in [4.78, 5) is 22.0. The monoisotopic (exact) mass is 381 g/mol. The molecule has 0 spiro atoms. The van der Waals surface area contributed by atoms with Gasteiger partial charge in [0.15, 0.2) is 0 Å². The van der Waals surface area contributed by atoms with E-state index in [1.807, 2.05) is 35.5 Å². The average molecular weight is 381 g/mol.